The number of hydrazine groups is 1. The molecule has 1 unspecified atom stereocenters. The molecule has 6 nitrogen and oxygen atoms in total. The molecule has 1 aromatic heterocycles. The first-order valence-electron chi connectivity index (χ1n) is 7.13. The average Bonchev–Trinajstić information content (AvgIpc) is 3.09. The highest BCUT2D eigenvalue weighted by Crippen LogP contribution is 2.08. The van der Waals surface area contributed by atoms with Crippen LogP contribution in [0.25, 0.3) is 0 Å². The van der Waals surface area contributed by atoms with Crippen molar-refractivity contribution >= 4 is 29.1 Å². The van der Waals surface area contributed by atoms with E-state index in [1.54, 1.807) is 17.5 Å². The molecule has 0 fully saturated rings. The molecule has 0 spiro atoms. The highest BCUT2D eigenvalue weighted by Gasteiger charge is 2.17. The highest BCUT2D eigenvalue weighted by atomic mass is 32.1. The van der Waals surface area contributed by atoms with Gasteiger partial charge in [0.05, 0.1) is 11.3 Å². The minimum absolute atomic E-state index is 0.00348. The molecule has 0 aliphatic rings. The Balaban J connectivity index is 1.76. The first kappa shape index (κ1) is 17.6. The summed E-state index contributed by atoms with van der Waals surface area (Å²) in [5.74, 6) is -1.74. The maximum absolute atomic E-state index is 12.8. The molecule has 0 aliphatic carbocycles. The van der Waals surface area contributed by atoms with Gasteiger partial charge >= 0.3 is 0 Å². The van der Waals surface area contributed by atoms with Gasteiger partial charge in [0.15, 0.2) is 0 Å². The van der Waals surface area contributed by atoms with Crippen LogP contribution >= 0.6 is 11.3 Å². The summed E-state index contributed by atoms with van der Waals surface area (Å²) in [6.07, 6.45) is -0.00348. The van der Waals surface area contributed by atoms with E-state index < -0.39 is 17.9 Å². The molecule has 3 N–H and O–H groups in total. The van der Waals surface area contributed by atoms with E-state index in [1.165, 1.54) is 42.5 Å². The van der Waals surface area contributed by atoms with E-state index in [1.807, 2.05) is 0 Å². The molecule has 0 radical (unpaired) electrons. The lowest BCUT2D eigenvalue weighted by Crippen LogP contribution is -2.51. The van der Waals surface area contributed by atoms with Gasteiger partial charge in [-0.1, -0.05) is 18.2 Å². The van der Waals surface area contributed by atoms with Crippen molar-refractivity contribution in [1.29, 1.82) is 0 Å². The lowest BCUT2D eigenvalue weighted by atomic mass is 10.1. The van der Waals surface area contributed by atoms with Crippen LogP contribution in [0.3, 0.4) is 0 Å². The zero-order valence-electron chi connectivity index (χ0n) is 12.8. The summed E-state index contributed by atoms with van der Waals surface area (Å²) in [6, 6.07) is 8.05. The normalized spacial score (nSPS) is 11.4. The third-order valence-corrected chi connectivity index (χ3v) is 3.96. The van der Waals surface area contributed by atoms with Crippen LogP contribution in [0, 0.1) is 5.82 Å². The van der Waals surface area contributed by atoms with Gasteiger partial charge in [-0.2, -0.15) is 0 Å². The smallest absolute Gasteiger partial charge is 0.261 e. The summed E-state index contributed by atoms with van der Waals surface area (Å²) in [5, 5.41) is 4.29. The lowest BCUT2D eigenvalue weighted by Gasteiger charge is -2.14. The van der Waals surface area contributed by atoms with Gasteiger partial charge < -0.3 is 5.32 Å². The number of hydrogen-bond acceptors (Lipinski definition) is 4. The second kappa shape index (κ2) is 8.21. The van der Waals surface area contributed by atoms with Crippen LogP contribution in [-0.4, -0.2) is 23.8 Å². The van der Waals surface area contributed by atoms with E-state index in [2.05, 4.69) is 16.2 Å². The fraction of sp³-hybridized carbons (Fsp3) is 0.188. The van der Waals surface area contributed by atoms with Crippen molar-refractivity contribution in [2.45, 2.75) is 19.4 Å². The Bertz CT molecular complexity index is 717. The Morgan fingerprint density at radius 1 is 1.12 bits per heavy atom. The Kier molecular flexibility index (Phi) is 6.02. The standard InChI is InChI=1S/C16H16FN3O3S/c1-10(18-16(23)13-3-2-8-24-13)15(22)20-19-14(21)9-11-4-6-12(17)7-5-11/h2-8,10H,9H2,1H3,(H,18,23)(H,19,21)(H,20,22). The van der Waals surface area contributed by atoms with Gasteiger partial charge in [-0.3, -0.25) is 25.2 Å². The van der Waals surface area contributed by atoms with E-state index >= 15 is 0 Å². The van der Waals surface area contributed by atoms with E-state index in [0.717, 1.165) is 0 Å². The van der Waals surface area contributed by atoms with E-state index in [9.17, 15) is 18.8 Å². The zero-order chi connectivity index (χ0) is 17.5. The molecule has 1 heterocycles. The van der Waals surface area contributed by atoms with Gasteiger partial charge in [0.1, 0.15) is 11.9 Å². The summed E-state index contributed by atoms with van der Waals surface area (Å²) in [7, 11) is 0. The number of halogens is 1. The van der Waals surface area contributed by atoms with Gasteiger partial charge in [0, 0.05) is 0 Å². The van der Waals surface area contributed by atoms with Crippen molar-refractivity contribution in [2.75, 3.05) is 0 Å². The number of thiophene rings is 1. The van der Waals surface area contributed by atoms with Gasteiger partial charge in [-0.25, -0.2) is 4.39 Å². The second-order valence-corrected chi connectivity index (χ2v) is 5.96. The fourth-order valence-corrected chi connectivity index (χ4v) is 2.44. The Labute approximate surface area is 142 Å². The number of hydrogen-bond donors (Lipinski definition) is 3. The van der Waals surface area contributed by atoms with Crippen LogP contribution in [0.15, 0.2) is 41.8 Å². The molecule has 24 heavy (non-hydrogen) atoms. The molecule has 0 saturated heterocycles. The molecule has 0 bridgehead atoms. The molecule has 0 saturated carbocycles. The summed E-state index contributed by atoms with van der Waals surface area (Å²) < 4.78 is 12.8. The van der Waals surface area contributed by atoms with Gasteiger partial charge in [0.25, 0.3) is 11.8 Å². The van der Waals surface area contributed by atoms with Crippen LogP contribution in [0.2, 0.25) is 0 Å². The largest absolute Gasteiger partial charge is 0.340 e. The Morgan fingerprint density at radius 3 is 2.46 bits per heavy atom. The monoisotopic (exact) mass is 349 g/mol. The second-order valence-electron chi connectivity index (χ2n) is 5.01. The SMILES string of the molecule is CC(NC(=O)c1cccs1)C(=O)NNC(=O)Cc1ccc(F)cc1. The summed E-state index contributed by atoms with van der Waals surface area (Å²) in [4.78, 5) is 35.9. The number of benzene rings is 1. The Hall–Kier alpha value is -2.74. The third-order valence-electron chi connectivity index (χ3n) is 3.09. The lowest BCUT2D eigenvalue weighted by molar-refractivity contribution is -0.129. The van der Waals surface area contributed by atoms with Crippen molar-refractivity contribution in [2.24, 2.45) is 0 Å². The minimum atomic E-state index is -0.814. The minimum Gasteiger partial charge on any atom is -0.340 e. The molecule has 126 valence electrons. The molecule has 2 aromatic rings. The maximum Gasteiger partial charge on any atom is 0.261 e. The predicted octanol–water partition coefficient (Wildman–Crippen LogP) is 1.40. The highest BCUT2D eigenvalue weighted by molar-refractivity contribution is 7.12. The molecule has 1 aromatic carbocycles. The summed E-state index contributed by atoms with van der Waals surface area (Å²) in [6.45, 7) is 1.51. The van der Waals surface area contributed by atoms with Crippen molar-refractivity contribution < 1.29 is 18.8 Å². The number of carbonyl (C=O) groups excluding carboxylic acids is 3. The van der Waals surface area contributed by atoms with Crippen molar-refractivity contribution in [3.63, 3.8) is 0 Å². The van der Waals surface area contributed by atoms with Crippen LogP contribution < -0.4 is 16.2 Å². The van der Waals surface area contributed by atoms with Crippen LogP contribution in [0.5, 0.6) is 0 Å². The van der Waals surface area contributed by atoms with E-state index in [4.69, 9.17) is 0 Å². The Morgan fingerprint density at radius 2 is 1.83 bits per heavy atom. The number of carbonyl (C=O) groups is 3. The number of rotatable bonds is 5. The molecule has 2 rings (SSSR count). The van der Waals surface area contributed by atoms with Crippen molar-refractivity contribution in [1.82, 2.24) is 16.2 Å². The first-order valence-corrected chi connectivity index (χ1v) is 8.01. The number of nitrogens with one attached hydrogen (secondary N) is 3. The molecule has 8 heteroatoms. The third kappa shape index (κ3) is 5.17. The maximum atomic E-state index is 12.8. The fourth-order valence-electron chi connectivity index (χ4n) is 1.81. The molecule has 3 amide bonds. The molecular formula is C16H16FN3O3S. The van der Waals surface area contributed by atoms with Crippen LogP contribution in [-0.2, 0) is 16.0 Å². The summed E-state index contributed by atoms with van der Waals surface area (Å²) in [5.41, 5.74) is 5.11. The number of amides is 3. The van der Waals surface area contributed by atoms with Crippen LogP contribution in [0.1, 0.15) is 22.2 Å². The topological polar surface area (TPSA) is 87.3 Å². The van der Waals surface area contributed by atoms with Crippen molar-refractivity contribution in [3.8, 4) is 0 Å². The van der Waals surface area contributed by atoms with Gasteiger partial charge in [0.2, 0.25) is 5.91 Å². The molecule has 1 atom stereocenters. The average molecular weight is 349 g/mol. The van der Waals surface area contributed by atoms with Crippen molar-refractivity contribution in [3.05, 3.63) is 58.0 Å². The van der Waals surface area contributed by atoms with E-state index in [-0.39, 0.29) is 18.1 Å². The first-order chi connectivity index (χ1) is 11.5. The van der Waals surface area contributed by atoms with Crippen LogP contribution in [0.4, 0.5) is 4.39 Å². The predicted molar refractivity (Wildman–Crippen MR) is 87.6 cm³/mol. The van der Waals surface area contributed by atoms with Gasteiger partial charge in [-0.15, -0.1) is 11.3 Å². The zero-order valence-corrected chi connectivity index (χ0v) is 13.7. The quantitative estimate of drug-likeness (QED) is 0.713. The molecular weight excluding hydrogens is 333 g/mol. The summed E-state index contributed by atoms with van der Waals surface area (Å²) >= 11 is 1.27. The van der Waals surface area contributed by atoms with Gasteiger partial charge in [-0.05, 0) is 36.1 Å². The molecule has 0 aliphatic heterocycles. The van der Waals surface area contributed by atoms with E-state index in [0.29, 0.717) is 10.4 Å².